The van der Waals surface area contributed by atoms with Crippen LogP contribution in [0, 0.1) is 5.92 Å². The maximum absolute atomic E-state index is 12.0. The van der Waals surface area contributed by atoms with Crippen LogP contribution in [0.2, 0.25) is 0 Å². The Kier molecular flexibility index (Phi) is 4.34. The largest absolute Gasteiger partial charge is 0.573 e. The molecule has 1 aromatic rings. The van der Waals surface area contributed by atoms with Gasteiger partial charge in [-0.15, -0.1) is 13.2 Å². The van der Waals surface area contributed by atoms with Crippen molar-refractivity contribution in [3.63, 3.8) is 0 Å². The number of nitrogens with one attached hydrogen (secondary N) is 1. The van der Waals surface area contributed by atoms with Gasteiger partial charge in [-0.2, -0.15) is 0 Å². The molecular weight excluding hydrogens is 255 g/mol. The molecule has 0 aliphatic heterocycles. The minimum atomic E-state index is -4.63. The minimum Gasteiger partial charge on any atom is -0.406 e. The zero-order valence-corrected chi connectivity index (χ0v) is 10.8. The van der Waals surface area contributed by atoms with Crippen LogP contribution in [0.5, 0.6) is 5.75 Å². The molecule has 5 heteroatoms. The molecule has 0 radical (unpaired) electrons. The predicted molar refractivity (Wildman–Crippen MR) is 66.8 cm³/mol. The van der Waals surface area contributed by atoms with E-state index in [1.54, 1.807) is 12.1 Å². The number of benzene rings is 1. The fourth-order valence-electron chi connectivity index (χ4n) is 2.46. The Hall–Kier alpha value is -1.23. The van der Waals surface area contributed by atoms with Gasteiger partial charge in [0.15, 0.2) is 0 Å². The molecule has 0 heterocycles. The van der Waals surface area contributed by atoms with E-state index >= 15 is 0 Å². The van der Waals surface area contributed by atoms with E-state index in [1.807, 2.05) is 0 Å². The smallest absolute Gasteiger partial charge is 0.406 e. The molecule has 1 fully saturated rings. The fraction of sp³-hybridized carbons (Fsp3) is 0.571. The quantitative estimate of drug-likeness (QED) is 0.899. The number of halogens is 3. The molecule has 0 bridgehead atoms. The van der Waals surface area contributed by atoms with Gasteiger partial charge in [0, 0.05) is 12.6 Å². The van der Waals surface area contributed by atoms with Crippen molar-refractivity contribution in [1.82, 2.24) is 5.32 Å². The van der Waals surface area contributed by atoms with Crippen molar-refractivity contribution >= 4 is 0 Å². The van der Waals surface area contributed by atoms with Crippen LogP contribution < -0.4 is 10.1 Å². The topological polar surface area (TPSA) is 21.3 Å². The maximum atomic E-state index is 12.0. The highest BCUT2D eigenvalue weighted by molar-refractivity contribution is 5.27. The van der Waals surface area contributed by atoms with E-state index < -0.39 is 6.36 Å². The van der Waals surface area contributed by atoms with E-state index in [-0.39, 0.29) is 5.75 Å². The van der Waals surface area contributed by atoms with Gasteiger partial charge in [-0.1, -0.05) is 19.1 Å². The van der Waals surface area contributed by atoms with Gasteiger partial charge in [-0.05, 0) is 42.9 Å². The first-order chi connectivity index (χ1) is 8.92. The molecule has 0 saturated heterocycles. The third-order valence-electron chi connectivity index (χ3n) is 3.45. The molecular formula is C14H18F3NO. The summed E-state index contributed by atoms with van der Waals surface area (Å²) in [5.74, 6) is 0.589. The summed E-state index contributed by atoms with van der Waals surface area (Å²) in [6.45, 7) is 2.93. The van der Waals surface area contributed by atoms with Crippen molar-refractivity contribution in [2.45, 2.75) is 45.1 Å². The van der Waals surface area contributed by atoms with Gasteiger partial charge in [-0.25, -0.2) is 0 Å². The van der Waals surface area contributed by atoms with Gasteiger partial charge in [0.25, 0.3) is 0 Å². The summed E-state index contributed by atoms with van der Waals surface area (Å²) in [6, 6.07) is 6.55. The van der Waals surface area contributed by atoms with Crippen molar-refractivity contribution < 1.29 is 17.9 Å². The van der Waals surface area contributed by atoms with Crippen LogP contribution in [0.15, 0.2) is 24.3 Å². The first-order valence-electron chi connectivity index (χ1n) is 6.50. The highest BCUT2D eigenvalue weighted by Gasteiger charge is 2.30. The molecule has 2 atom stereocenters. The Bertz CT molecular complexity index is 402. The molecule has 2 rings (SSSR count). The normalized spacial score (nSPS) is 23.6. The number of rotatable bonds is 4. The van der Waals surface area contributed by atoms with Crippen LogP contribution in [0.1, 0.15) is 31.7 Å². The Morgan fingerprint density at radius 3 is 2.42 bits per heavy atom. The third kappa shape index (κ3) is 4.74. The first kappa shape index (κ1) is 14.2. The predicted octanol–water partition coefficient (Wildman–Crippen LogP) is 3.86. The van der Waals surface area contributed by atoms with Gasteiger partial charge in [0.05, 0.1) is 0 Å². The summed E-state index contributed by atoms with van der Waals surface area (Å²) in [5.41, 5.74) is 0.967. The average molecular weight is 273 g/mol. The first-order valence-corrected chi connectivity index (χ1v) is 6.50. The van der Waals surface area contributed by atoms with Crippen molar-refractivity contribution in [2.24, 2.45) is 5.92 Å². The van der Waals surface area contributed by atoms with E-state index in [2.05, 4.69) is 17.0 Å². The van der Waals surface area contributed by atoms with Gasteiger partial charge >= 0.3 is 6.36 Å². The second-order valence-electron chi connectivity index (χ2n) is 5.19. The van der Waals surface area contributed by atoms with E-state index in [1.165, 1.54) is 31.4 Å². The van der Waals surface area contributed by atoms with Gasteiger partial charge < -0.3 is 10.1 Å². The van der Waals surface area contributed by atoms with Crippen LogP contribution in [0.25, 0.3) is 0 Å². The summed E-state index contributed by atoms with van der Waals surface area (Å²) in [6.07, 6.45) is -1.03. The molecule has 0 aromatic heterocycles. The van der Waals surface area contributed by atoms with Crippen molar-refractivity contribution in [3.05, 3.63) is 29.8 Å². The number of ether oxygens (including phenoxy) is 1. The molecule has 2 nitrogen and oxygen atoms in total. The number of hydrogen-bond acceptors (Lipinski definition) is 2. The number of alkyl halides is 3. The zero-order valence-electron chi connectivity index (χ0n) is 10.8. The Balaban J connectivity index is 1.82. The zero-order chi connectivity index (χ0) is 13.9. The second-order valence-corrected chi connectivity index (χ2v) is 5.19. The maximum Gasteiger partial charge on any atom is 0.573 e. The Labute approximate surface area is 111 Å². The van der Waals surface area contributed by atoms with Crippen LogP contribution in [0.3, 0.4) is 0 Å². The van der Waals surface area contributed by atoms with Crippen LogP contribution >= 0.6 is 0 Å². The number of hydrogen-bond donors (Lipinski definition) is 1. The summed E-state index contributed by atoms with van der Waals surface area (Å²) >= 11 is 0. The SMILES string of the molecule is CC1CCC(NCc2ccc(OC(F)(F)F)cc2)C1. The highest BCUT2D eigenvalue weighted by Crippen LogP contribution is 2.25. The molecule has 19 heavy (non-hydrogen) atoms. The molecule has 1 aromatic carbocycles. The molecule has 1 N–H and O–H groups in total. The van der Waals surface area contributed by atoms with E-state index in [0.29, 0.717) is 12.6 Å². The van der Waals surface area contributed by atoms with Crippen molar-refractivity contribution in [1.29, 1.82) is 0 Å². The van der Waals surface area contributed by atoms with Crippen molar-refractivity contribution in [2.75, 3.05) is 0 Å². The lowest BCUT2D eigenvalue weighted by Gasteiger charge is -2.13. The van der Waals surface area contributed by atoms with Crippen LogP contribution in [0.4, 0.5) is 13.2 Å². The highest BCUT2D eigenvalue weighted by atomic mass is 19.4. The lowest BCUT2D eigenvalue weighted by molar-refractivity contribution is -0.274. The Morgan fingerprint density at radius 2 is 1.89 bits per heavy atom. The summed E-state index contributed by atoms with van der Waals surface area (Å²) in [4.78, 5) is 0. The molecule has 1 aliphatic carbocycles. The van der Waals surface area contributed by atoms with E-state index in [9.17, 15) is 13.2 Å². The van der Waals surface area contributed by atoms with E-state index in [0.717, 1.165) is 11.5 Å². The van der Waals surface area contributed by atoms with Crippen LogP contribution in [-0.2, 0) is 6.54 Å². The molecule has 2 unspecified atom stereocenters. The summed E-state index contributed by atoms with van der Waals surface area (Å²) in [7, 11) is 0. The standard InChI is InChI=1S/C14H18F3NO/c1-10-2-5-12(8-10)18-9-11-3-6-13(7-4-11)19-14(15,16)17/h3-4,6-7,10,12,18H,2,5,8-9H2,1H3. The second kappa shape index (κ2) is 5.82. The monoisotopic (exact) mass is 273 g/mol. The summed E-state index contributed by atoms with van der Waals surface area (Å²) in [5, 5.41) is 3.43. The van der Waals surface area contributed by atoms with E-state index in [4.69, 9.17) is 0 Å². The van der Waals surface area contributed by atoms with Crippen molar-refractivity contribution in [3.8, 4) is 5.75 Å². The molecule has 0 amide bonds. The lowest BCUT2D eigenvalue weighted by Crippen LogP contribution is -2.25. The Morgan fingerprint density at radius 1 is 1.21 bits per heavy atom. The van der Waals surface area contributed by atoms with Crippen LogP contribution in [-0.4, -0.2) is 12.4 Å². The van der Waals surface area contributed by atoms with Gasteiger partial charge in [0.1, 0.15) is 5.75 Å². The van der Waals surface area contributed by atoms with Gasteiger partial charge in [-0.3, -0.25) is 0 Å². The fourth-order valence-corrected chi connectivity index (χ4v) is 2.46. The molecule has 1 aliphatic rings. The lowest BCUT2D eigenvalue weighted by atomic mass is 10.1. The van der Waals surface area contributed by atoms with Gasteiger partial charge in [0.2, 0.25) is 0 Å². The molecule has 1 saturated carbocycles. The molecule has 0 spiro atoms. The minimum absolute atomic E-state index is 0.175. The summed E-state index contributed by atoms with van der Waals surface area (Å²) < 4.78 is 39.8. The third-order valence-corrected chi connectivity index (χ3v) is 3.45. The molecule has 106 valence electrons. The average Bonchev–Trinajstić information content (AvgIpc) is 2.72.